The zero-order chi connectivity index (χ0) is 14.5. The maximum Gasteiger partial charge on any atom is 0.130 e. The predicted molar refractivity (Wildman–Crippen MR) is 84.4 cm³/mol. The van der Waals surface area contributed by atoms with E-state index in [2.05, 4.69) is 24.3 Å². The summed E-state index contributed by atoms with van der Waals surface area (Å²) in [7, 11) is 0. The minimum atomic E-state index is 0.561. The summed E-state index contributed by atoms with van der Waals surface area (Å²) in [5.74, 6) is 1.71. The summed E-state index contributed by atoms with van der Waals surface area (Å²) in [6.07, 6.45) is 2.97. The van der Waals surface area contributed by atoms with Crippen LogP contribution in [-0.2, 0) is 6.61 Å². The molecule has 0 radical (unpaired) electrons. The molecule has 3 heteroatoms. The highest BCUT2D eigenvalue weighted by Gasteiger charge is 2.14. The zero-order valence-corrected chi connectivity index (χ0v) is 11.9. The monoisotopic (exact) mass is 281 g/mol. The van der Waals surface area contributed by atoms with Crippen LogP contribution in [0.3, 0.4) is 0 Å². The third kappa shape index (κ3) is 3.26. The van der Waals surface area contributed by atoms with Crippen LogP contribution in [0.5, 0.6) is 11.5 Å². The van der Waals surface area contributed by atoms with Gasteiger partial charge in [0.25, 0.3) is 0 Å². The third-order valence-corrected chi connectivity index (χ3v) is 3.53. The lowest BCUT2D eigenvalue weighted by atomic mass is 9.99. The van der Waals surface area contributed by atoms with Gasteiger partial charge in [0.1, 0.15) is 24.7 Å². The van der Waals surface area contributed by atoms with Gasteiger partial charge in [-0.1, -0.05) is 30.3 Å². The summed E-state index contributed by atoms with van der Waals surface area (Å²) in [5, 5.41) is 0. The van der Waals surface area contributed by atoms with Crippen LogP contribution in [0.1, 0.15) is 17.5 Å². The van der Waals surface area contributed by atoms with E-state index in [-0.39, 0.29) is 0 Å². The van der Waals surface area contributed by atoms with Gasteiger partial charge in [0, 0.05) is 11.6 Å². The number of nitrogens with two attached hydrogens (primary N) is 1. The Morgan fingerprint density at radius 3 is 2.76 bits per heavy atom. The fraction of sp³-hybridized carbons (Fsp3) is 0.222. The Labute approximate surface area is 125 Å². The molecule has 21 heavy (non-hydrogen) atoms. The van der Waals surface area contributed by atoms with E-state index in [4.69, 9.17) is 15.2 Å². The second-order valence-corrected chi connectivity index (χ2v) is 5.01. The lowest BCUT2D eigenvalue weighted by Gasteiger charge is -2.19. The molecule has 1 aliphatic rings. The Morgan fingerprint density at radius 2 is 1.95 bits per heavy atom. The first-order valence-electron chi connectivity index (χ1n) is 7.20. The van der Waals surface area contributed by atoms with Crippen molar-refractivity contribution in [2.45, 2.75) is 13.0 Å². The van der Waals surface area contributed by atoms with Gasteiger partial charge in [-0.3, -0.25) is 0 Å². The highest BCUT2D eigenvalue weighted by molar-refractivity contribution is 5.73. The van der Waals surface area contributed by atoms with Crippen molar-refractivity contribution in [2.75, 3.05) is 13.2 Å². The van der Waals surface area contributed by atoms with Gasteiger partial charge in [-0.25, -0.2) is 0 Å². The Kier molecular flexibility index (Phi) is 4.22. The van der Waals surface area contributed by atoms with Crippen LogP contribution in [0.25, 0.3) is 5.57 Å². The molecule has 0 amide bonds. The minimum absolute atomic E-state index is 0.561. The fourth-order valence-electron chi connectivity index (χ4n) is 2.45. The first-order valence-corrected chi connectivity index (χ1v) is 7.20. The van der Waals surface area contributed by atoms with Crippen LogP contribution in [0.15, 0.2) is 54.6 Å². The Morgan fingerprint density at radius 1 is 1.10 bits per heavy atom. The number of hydrogen-bond acceptors (Lipinski definition) is 3. The quantitative estimate of drug-likeness (QED) is 0.913. The summed E-state index contributed by atoms with van der Waals surface area (Å²) in [5.41, 5.74) is 9.19. The molecule has 1 heterocycles. The van der Waals surface area contributed by atoms with Gasteiger partial charge in [0.15, 0.2) is 0 Å². The van der Waals surface area contributed by atoms with E-state index >= 15 is 0 Å². The number of hydrogen-bond donors (Lipinski definition) is 1. The molecule has 2 aromatic carbocycles. The maximum absolute atomic E-state index is 5.83. The lowest BCUT2D eigenvalue weighted by Crippen LogP contribution is -2.08. The van der Waals surface area contributed by atoms with Crippen LogP contribution < -0.4 is 15.2 Å². The topological polar surface area (TPSA) is 44.5 Å². The first kappa shape index (κ1) is 13.7. The van der Waals surface area contributed by atoms with Crippen LogP contribution in [0, 0.1) is 0 Å². The van der Waals surface area contributed by atoms with E-state index in [9.17, 15) is 0 Å². The molecule has 108 valence electrons. The van der Waals surface area contributed by atoms with Crippen molar-refractivity contribution in [2.24, 2.45) is 5.73 Å². The van der Waals surface area contributed by atoms with Crippen LogP contribution in [0.4, 0.5) is 0 Å². The number of benzene rings is 2. The molecule has 0 saturated heterocycles. The second kappa shape index (κ2) is 6.46. The summed E-state index contributed by atoms with van der Waals surface area (Å²) < 4.78 is 11.5. The van der Waals surface area contributed by atoms with E-state index < -0.39 is 0 Å². The normalized spacial score (nSPS) is 13.1. The van der Waals surface area contributed by atoms with Crippen molar-refractivity contribution < 1.29 is 9.47 Å². The fourth-order valence-corrected chi connectivity index (χ4v) is 2.45. The maximum atomic E-state index is 5.83. The van der Waals surface area contributed by atoms with Crippen LogP contribution >= 0.6 is 0 Å². The molecule has 1 aliphatic heterocycles. The van der Waals surface area contributed by atoms with E-state index in [1.54, 1.807) is 0 Å². The summed E-state index contributed by atoms with van der Waals surface area (Å²) >= 11 is 0. The van der Waals surface area contributed by atoms with Crippen molar-refractivity contribution in [3.05, 3.63) is 65.7 Å². The molecular weight excluding hydrogens is 262 g/mol. The summed E-state index contributed by atoms with van der Waals surface area (Å²) in [4.78, 5) is 0. The van der Waals surface area contributed by atoms with Gasteiger partial charge in [-0.15, -0.1) is 0 Å². The molecule has 0 aliphatic carbocycles. The number of ether oxygens (including phenoxy) is 2. The molecule has 0 fully saturated rings. The Bertz CT molecular complexity index is 635. The van der Waals surface area contributed by atoms with E-state index in [0.29, 0.717) is 19.8 Å². The van der Waals surface area contributed by atoms with Crippen molar-refractivity contribution >= 4 is 5.57 Å². The first-order chi connectivity index (χ1) is 10.4. The molecular formula is C18H19NO2. The summed E-state index contributed by atoms with van der Waals surface area (Å²) in [6.45, 7) is 1.81. The third-order valence-electron chi connectivity index (χ3n) is 3.53. The molecule has 0 saturated carbocycles. The SMILES string of the molecule is NCCC1=CCOc2cc(OCc3ccccc3)ccc21. The van der Waals surface area contributed by atoms with Crippen molar-refractivity contribution in [1.29, 1.82) is 0 Å². The van der Waals surface area contributed by atoms with Gasteiger partial charge in [0.05, 0.1) is 0 Å². The summed E-state index contributed by atoms with van der Waals surface area (Å²) in [6, 6.07) is 16.1. The molecule has 2 N–H and O–H groups in total. The highest BCUT2D eigenvalue weighted by Crippen LogP contribution is 2.34. The van der Waals surface area contributed by atoms with E-state index in [1.807, 2.05) is 30.3 Å². The second-order valence-electron chi connectivity index (χ2n) is 5.01. The minimum Gasteiger partial charge on any atom is -0.489 e. The van der Waals surface area contributed by atoms with Crippen LogP contribution in [0.2, 0.25) is 0 Å². The average Bonchev–Trinajstić information content (AvgIpc) is 2.54. The van der Waals surface area contributed by atoms with Crippen molar-refractivity contribution in [3.63, 3.8) is 0 Å². The molecule has 0 aromatic heterocycles. The standard InChI is InChI=1S/C18H19NO2/c19-10-8-15-9-11-20-18-12-16(6-7-17(15)18)21-13-14-4-2-1-3-5-14/h1-7,9,12H,8,10-11,13,19H2. The van der Waals surface area contributed by atoms with Gasteiger partial charge < -0.3 is 15.2 Å². The van der Waals surface area contributed by atoms with Crippen molar-refractivity contribution in [3.8, 4) is 11.5 Å². The van der Waals surface area contributed by atoms with E-state index in [1.165, 1.54) is 5.57 Å². The number of rotatable bonds is 5. The van der Waals surface area contributed by atoms with E-state index in [0.717, 1.165) is 29.0 Å². The van der Waals surface area contributed by atoms with Crippen LogP contribution in [-0.4, -0.2) is 13.2 Å². The molecule has 3 rings (SSSR count). The van der Waals surface area contributed by atoms with Gasteiger partial charge >= 0.3 is 0 Å². The largest absolute Gasteiger partial charge is 0.489 e. The highest BCUT2D eigenvalue weighted by atomic mass is 16.5. The molecule has 0 spiro atoms. The Hall–Kier alpha value is -2.26. The lowest BCUT2D eigenvalue weighted by molar-refractivity contribution is 0.301. The zero-order valence-electron chi connectivity index (χ0n) is 11.9. The van der Waals surface area contributed by atoms with Gasteiger partial charge in [0.2, 0.25) is 0 Å². The Balaban J connectivity index is 1.73. The van der Waals surface area contributed by atoms with Crippen molar-refractivity contribution in [1.82, 2.24) is 0 Å². The van der Waals surface area contributed by atoms with Gasteiger partial charge in [-0.05, 0) is 42.3 Å². The predicted octanol–water partition coefficient (Wildman–Crippen LogP) is 3.39. The molecule has 0 atom stereocenters. The molecule has 0 bridgehead atoms. The molecule has 2 aromatic rings. The molecule has 0 unspecified atom stereocenters. The smallest absolute Gasteiger partial charge is 0.130 e. The average molecular weight is 281 g/mol. The molecule has 3 nitrogen and oxygen atoms in total. The number of fused-ring (bicyclic) bond motifs is 1. The van der Waals surface area contributed by atoms with Gasteiger partial charge in [-0.2, -0.15) is 0 Å².